The Morgan fingerprint density at radius 3 is 2.55 bits per heavy atom. The number of amides is 1. The first kappa shape index (κ1) is 14.6. The van der Waals surface area contributed by atoms with Crippen LogP contribution in [-0.4, -0.2) is 47.6 Å². The lowest BCUT2D eigenvalue weighted by Gasteiger charge is -2.29. The maximum atomic E-state index is 11.9. The molecule has 2 rings (SSSR count). The number of carboxylic acid groups (broad SMARTS) is 1. The smallest absolute Gasteiger partial charge is 0.371 e. The van der Waals surface area contributed by atoms with Crippen molar-refractivity contribution in [2.24, 2.45) is 0 Å². The van der Waals surface area contributed by atoms with Gasteiger partial charge in [-0.3, -0.25) is 4.79 Å². The number of hydrogen-bond acceptors (Lipinski definition) is 4. The number of carbonyl (C=O) groups excluding carboxylic acids is 1. The number of hydrogen-bond donors (Lipinski definition) is 2. The van der Waals surface area contributed by atoms with Crippen LogP contribution < -0.4 is 5.32 Å². The van der Waals surface area contributed by atoms with Crippen molar-refractivity contribution in [3.05, 3.63) is 23.7 Å². The molecule has 1 unspecified atom stereocenters. The molecule has 2 heterocycles. The van der Waals surface area contributed by atoms with E-state index in [1.165, 1.54) is 31.4 Å². The van der Waals surface area contributed by atoms with Crippen LogP contribution in [-0.2, 0) is 0 Å². The van der Waals surface area contributed by atoms with Crippen LogP contribution in [0.25, 0.3) is 0 Å². The molecular weight excluding hydrogens is 260 g/mol. The van der Waals surface area contributed by atoms with Gasteiger partial charge in [-0.25, -0.2) is 4.79 Å². The van der Waals surface area contributed by atoms with E-state index in [2.05, 4.69) is 10.2 Å². The van der Waals surface area contributed by atoms with Gasteiger partial charge in [-0.1, -0.05) is 6.42 Å². The largest absolute Gasteiger partial charge is 0.475 e. The third kappa shape index (κ3) is 3.84. The Morgan fingerprint density at radius 2 is 1.95 bits per heavy atom. The molecule has 1 aromatic rings. The van der Waals surface area contributed by atoms with E-state index in [-0.39, 0.29) is 23.5 Å². The number of piperidine rings is 1. The van der Waals surface area contributed by atoms with E-state index in [1.807, 2.05) is 6.92 Å². The van der Waals surface area contributed by atoms with Gasteiger partial charge in [0.25, 0.3) is 5.91 Å². The van der Waals surface area contributed by atoms with Gasteiger partial charge in [-0.05, 0) is 45.0 Å². The quantitative estimate of drug-likeness (QED) is 0.855. The molecule has 1 amide bonds. The minimum absolute atomic E-state index is 0.000946. The van der Waals surface area contributed by atoms with E-state index in [0.29, 0.717) is 0 Å². The standard InChI is InChI=1S/C14H20N2O4/c1-10(9-16-7-3-2-4-8-16)15-13(17)11-5-6-12(20-11)14(18)19/h5-6,10H,2-4,7-9H2,1H3,(H,15,17)(H,18,19). The molecule has 20 heavy (non-hydrogen) atoms. The van der Waals surface area contributed by atoms with Crippen molar-refractivity contribution >= 4 is 11.9 Å². The molecular formula is C14H20N2O4. The van der Waals surface area contributed by atoms with E-state index in [0.717, 1.165) is 19.6 Å². The number of carbonyl (C=O) groups is 2. The SMILES string of the molecule is CC(CN1CCCCC1)NC(=O)c1ccc(C(=O)O)o1. The maximum absolute atomic E-state index is 11.9. The van der Waals surface area contributed by atoms with Crippen LogP contribution in [0.4, 0.5) is 0 Å². The zero-order valence-corrected chi connectivity index (χ0v) is 11.6. The number of rotatable bonds is 5. The normalized spacial score (nSPS) is 17.6. The summed E-state index contributed by atoms with van der Waals surface area (Å²) in [6.07, 6.45) is 3.70. The van der Waals surface area contributed by atoms with Gasteiger partial charge in [0, 0.05) is 12.6 Å². The third-order valence-corrected chi connectivity index (χ3v) is 3.40. The molecule has 0 saturated carbocycles. The summed E-state index contributed by atoms with van der Waals surface area (Å²) in [7, 11) is 0. The van der Waals surface area contributed by atoms with Crippen molar-refractivity contribution in [2.75, 3.05) is 19.6 Å². The molecule has 0 radical (unpaired) electrons. The van der Waals surface area contributed by atoms with Crippen molar-refractivity contribution < 1.29 is 19.1 Å². The molecule has 1 aliphatic heterocycles. The van der Waals surface area contributed by atoms with Gasteiger partial charge in [0.05, 0.1) is 0 Å². The minimum atomic E-state index is -1.18. The molecule has 110 valence electrons. The van der Waals surface area contributed by atoms with Gasteiger partial charge in [0.1, 0.15) is 0 Å². The summed E-state index contributed by atoms with van der Waals surface area (Å²) in [4.78, 5) is 24.9. The van der Waals surface area contributed by atoms with Crippen LogP contribution in [0.3, 0.4) is 0 Å². The predicted molar refractivity (Wildman–Crippen MR) is 72.9 cm³/mol. The van der Waals surface area contributed by atoms with E-state index in [4.69, 9.17) is 9.52 Å². The van der Waals surface area contributed by atoms with Gasteiger partial charge in [-0.2, -0.15) is 0 Å². The molecule has 1 aliphatic rings. The molecule has 1 fully saturated rings. The highest BCUT2D eigenvalue weighted by molar-refractivity contribution is 5.93. The average molecular weight is 280 g/mol. The molecule has 1 atom stereocenters. The van der Waals surface area contributed by atoms with Gasteiger partial charge in [0.15, 0.2) is 5.76 Å². The van der Waals surface area contributed by atoms with Crippen LogP contribution in [0.2, 0.25) is 0 Å². The first-order chi connectivity index (χ1) is 9.56. The number of nitrogens with one attached hydrogen (secondary N) is 1. The summed E-state index contributed by atoms with van der Waals surface area (Å²) in [5, 5.41) is 11.6. The zero-order valence-electron chi connectivity index (χ0n) is 11.6. The Balaban J connectivity index is 1.84. The molecule has 0 bridgehead atoms. The van der Waals surface area contributed by atoms with Gasteiger partial charge in [-0.15, -0.1) is 0 Å². The van der Waals surface area contributed by atoms with Crippen LogP contribution in [0.15, 0.2) is 16.5 Å². The first-order valence-electron chi connectivity index (χ1n) is 6.92. The summed E-state index contributed by atoms with van der Waals surface area (Å²) in [6.45, 7) is 4.89. The summed E-state index contributed by atoms with van der Waals surface area (Å²) in [5.74, 6) is -1.74. The highest BCUT2D eigenvalue weighted by Crippen LogP contribution is 2.10. The Morgan fingerprint density at radius 1 is 1.30 bits per heavy atom. The van der Waals surface area contributed by atoms with Crippen molar-refractivity contribution in [2.45, 2.75) is 32.2 Å². The number of carboxylic acids is 1. The fraction of sp³-hybridized carbons (Fsp3) is 0.571. The lowest BCUT2D eigenvalue weighted by Crippen LogP contribution is -2.43. The van der Waals surface area contributed by atoms with E-state index in [1.54, 1.807) is 0 Å². The van der Waals surface area contributed by atoms with Crippen LogP contribution in [0.5, 0.6) is 0 Å². The van der Waals surface area contributed by atoms with Gasteiger partial charge >= 0.3 is 5.97 Å². The lowest BCUT2D eigenvalue weighted by molar-refractivity contribution is 0.0659. The number of aromatic carboxylic acids is 1. The molecule has 1 aromatic heterocycles. The zero-order chi connectivity index (χ0) is 14.5. The highest BCUT2D eigenvalue weighted by atomic mass is 16.4. The van der Waals surface area contributed by atoms with Crippen LogP contribution in [0.1, 0.15) is 47.3 Å². The second-order valence-electron chi connectivity index (χ2n) is 5.20. The summed E-state index contributed by atoms with van der Waals surface area (Å²) in [6, 6.07) is 2.66. The molecule has 0 aliphatic carbocycles. The second kappa shape index (κ2) is 6.56. The Hall–Kier alpha value is -1.82. The summed E-state index contributed by atoms with van der Waals surface area (Å²) in [5.41, 5.74) is 0. The number of furan rings is 1. The fourth-order valence-corrected chi connectivity index (χ4v) is 2.44. The molecule has 6 heteroatoms. The van der Waals surface area contributed by atoms with Crippen molar-refractivity contribution in [3.8, 4) is 0 Å². The van der Waals surface area contributed by atoms with E-state index >= 15 is 0 Å². The van der Waals surface area contributed by atoms with Gasteiger partial charge < -0.3 is 19.7 Å². The van der Waals surface area contributed by atoms with E-state index in [9.17, 15) is 9.59 Å². The fourth-order valence-electron chi connectivity index (χ4n) is 2.44. The van der Waals surface area contributed by atoms with Crippen molar-refractivity contribution in [3.63, 3.8) is 0 Å². The monoisotopic (exact) mass is 280 g/mol. The second-order valence-corrected chi connectivity index (χ2v) is 5.20. The highest BCUT2D eigenvalue weighted by Gasteiger charge is 2.18. The topological polar surface area (TPSA) is 82.8 Å². The Labute approximate surface area is 117 Å². The van der Waals surface area contributed by atoms with Crippen LogP contribution in [0, 0.1) is 0 Å². The number of likely N-dealkylation sites (tertiary alicyclic amines) is 1. The Bertz CT molecular complexity index is 477. The predicted octanol–water partition coefficient (Wildman–Crippen LogP) is 1.58. The molecule has 1 saturated heterocycles. The minimum Gasteiger partial charge on any atom is -0.475 e. The van der Waals surface area contributed by atoms with Crippen molar-refractivity contribution in [1.82, 2.24) is 10.2 Å². The Kier molecular flexibility index (Phi) is 4.79. The van der Waals surface area contributed by atoms with Crippen molar-refractivity contribution in [1.29, 1.82) is 0 Å². The summed E-state index contributed by atoms with van der Waals surface area (Å²) >= 11 is 0. The molecule has 0 aromatic carbocycles. The maximum Gasteiger partial charge on any atom is 0.371 e. The third-order valence-electron chi connectivity index (χ3n) is 3.40. The number of nitrogens with zero attached hydrogens (tertiary/aromatic N) is 1. The van der Waals surface area contributed by atoms with Crippen LogP contribution >= 0.6 is 0 Å². The molecule has 0 spiro atoms. The lowest BCUT2D eigenvalue weighted by atomic mass is 10.1. The first-order valence-corrected chi connectivity index (χ1v) is 6.92. The van der Waals surface area contributed by atoms with Gasteiger partial charge in [0.2, 0.25) is 5.76 Å². The average Bonchev–Trinajstić information content (AvgIpc) is 2.89. The molecule has 2 N–H and O–H groups in total. The molecule has 6 nitrogen and oxygen atoms in total. The van der Waals surface area contributed by atoms with E-state index < -0.39 is 5.97 Å². The summed E-state index contributed by atoms with van der Waals surface area (Å²) < 4.78 is 4.97.